The molecule has 0 rings (SSSR count). The van der Waals surface area contributed by atoms with Gasteiger partial charge in [-0.05, 0) is 38.5 Å². The van der Waals surface area contributed by atoms with Crippen molar-refractivity contribution in [2.75, 3.05) is 0 Å². The minimum absolute atomic E-state index is 0.0993. The maximum absolute atomic E-state index is 5.45. The van der Waals surface area contributed by atoms with Crippen molar-refractivity contribution < 1.29 is 0 Å². The summed E-state index contributed by atoms with van der Waals surface area (Å²) in [5, 5.41) is 10.9. The van der Waals surface area contributed by atoms with Crippen LogP contribution in [0.4, 0.5) is 0 Å². The Bertz CT molecular complexity index is 378. The zero-order valence-corrected chi connectivity index (χ0v) is 24.9. The lowest BCUT2D eigenvalue weighted by Gasteiger charge is -2.34. The highest BCUT2D eigenvalue weighted by Crippen LogP contribution is 2.37. The number of hydrogen-bond acceptors (Lipinski definition) is 2. The van der Waals surface area contributed by atoms with E-state index in [2.05, 4.69) is 41.5 Å². The third-order valence-corrected chi connectivity index (χ3v) is 7.89. The molecule has 204 valence electrons. The Morgan fingerprint density at radius 3 is 0.765 bits per heavy atom. The summed E-state index contributed by atoms with van der Waals surface area (Å²) in [7, 11) is 0. The van der Waals surface area contributed by atoms with E-state index in [1.165, 1.54) is 154 Å². The van der Waals surface area contributed by atoms with Crippen LogP contribution >= 0.6 is 0 Å². The Balaban J connectivity index is 5.73. The Labute approximate surface area is 216 Å². The molecule has 0 aromatic heterocycles. The Hall–Kier alpha value is -0.400. The van der Waals surface area contributed by atoms with E-state index in [1.54, 1.807) is 0 Å². The van der Waals surface area contributed by atoms with Crippen molar-refractivity contribution in [1.82, 2.24) is 0 Å². The third kappa shape index (κ3) is 16.3. The van der Waals surface area contributed by atoms with E-state index in [9.17, 15) is 0 Å². The second-order valence-electron chi connectivity index (χ2n) is 11.4. The van der Waals surface area contributed by atoms with Gasteiger partial charge in [0.25, 0.3) is 0 Å². The summed E-state index contributed by atoms with van der Waals surface area (Å²) in [6.07, 6.45) is 31.4. The van der Waals surface area contributed by atoms with Gasteiger partial charge in [0.2, 0.25) is 0 Å². The first-order chi connectivity index (χ1) is 16.6. The van der Waals surface area contributed by atoms with Gasteiger partial charge in [-0.25, -0.2) is 0 Å². The van der Waals surface area contributed by atoms with E-state index in [-0.39, 0.29) is 11.1 Å². The molecule has 0 fully saturated rings. The van der Waals surface area contributed by atoms with Crippen LogP contribution in [0.3, 0.4) is 0 Å². The largest absolute Gasteiger partial charge is 0.187 e. The predicted molar refractivity (Wildman–Crippen MR) is 155 cm³/mol. The summed E-state index contributed by atoms with van der Waals surface area (Å²) in [6.45, 7) is 14.0. The maximum Gasteiger partial charge on any atom is 0.0816 e. The maximum atomic E-state index is 5.45. The van der Waals surface area contributed by atoms with Crippen molar-refractivity contribution in [2.24, 2.45) is 10.2 Å². The first-order valence-corrected chi connectivity index (χ1v) is 16.0. The molecule has 0 atom stereocenters. The minimum atomic E-state index is 0.0993. The molecule has 0 aliphatic rings. The number of nitrogens with zero attached hydrogens (tertiary/aromatic N) is 2. The quantitative estimate of drug-likeness (QED) is 0.0872. The van der Waals surface area contributed by atoms with Crippen LogP contribution in [0.1, 0.15) is 196 Å². The molecule has 0 radical (unpaired) electrons. The summed E-state index contributed by atoms with van der Waals surface area (Å²) in [5.41, 5.74) is 0.199. The fourth-order valence-corrected chi connectivity index (χ4v) is 5.72. The molecule has 0 unspecified atom stereocenters. The zero-order chi connectivity index (χ0) is 25.4. The van der Waals surface area contributed by atoms with Crippen molar-refractivity contribution in [3.8, 4) is 0 Å². The van der Waals surface area contributed by atoms with Crippen LogP contribution in [0.25, 0.3) is 0 Å². The van der Waals surface area contributed by atoms with Crippen molar-refractivity contribution >= 4 is 0 Å². The molecule has 0 heterocycles. The zero-order valence-electron chi connectivity index (χ0n) is 24.9. The van der Waals surface area contributed by atoms with Crippen molar-refractivity contribution in [3.63, 3.8) is 0 Å². The first-order valence-electron chi connectivity index (χ1n) is 16.0. The van der Waals surface area contributed by atoms with Gasteiger partial charge < -0.3 is 0 Å². The summed E-state index contributed by atoms with van der Waals surface area (Å²) in [5.74, 6) is 0. The van der Waals surface area contributed by atoms with Gasteiger partial charge in [0.05, 0.1) is 11.1 Å². The summed E-state index contributed by atoms with van der Waals surface area (Å²) < 4.78 is 0. The SMILES string of the molecule is CCCCCCC(CCC)(CCCCCC)N=NC(CCC)(CCCCCC)CCCCCC. The molecule has 0 aliphatic carbocycles. The standard InChI is InChI=1S/C32H66N2/c1-7-13-17-21-27-31(25-11-5,28-22-18-14-8-2)33-34-32(26-12-6,29-23-19-15-9-3)30-24-20-16-10-4/h7-30H2,1-6H3. The molecular weight excluding hydrogens is 412 g/mol. The van der Waals surface area contributed by atoms with Gasteiger partial charge in [0.1, 0.15) is 0 Å². The number of hydrogen-bond donors (Lipinski definition) is 0. The van der Waals surface area contributed by atoms with Crippen molar-refractivity contribution in [1.29, 1.82) is 0 Å². The van der Waals surface area contributed by atoms with Crippen molar-refractivity contribution in [3.05, 3.63) is 0 Å². The smallest absolute Gasteiger partial charge is 0.0816 e. The van der Waals surface area contributed by atoms with Crippen LogP contribution in [-0.2, 0) is 0 Å². The molecule has 0 bridgehead atoms. The van der Waals surface area contributed by atoms with Crippen LogP contribution in [-0.4, -0.2) is 11.1 Å². The number of azo groups is 1. The molecule has 0 aromatic carbocycles. The number of rotatable bonds is 26. The van der Waals surface area contributed by atoms with E-state index in [4.69, 9.17) is 10.2 Å². The van der Waals surface area contributed by atoms with Crippen LogP contribution in [0.15, 0.2) is 10.2 Å². The predicted octanol–water partition coefficient (Wildman–Crippen LogP) is 12.4. The van der Waals surface area contributed by atoms with Crippen LogP contribution in [0.2, 0.25) is 0 Å². The van der Waals surface area contributed by atoms with E-state index in [0.717, 1.165) is 0 Å². The highest BCUT2D eigenvalue weighted by atomic mass is 15.2. The van der Waals surface area contributed by atoms with Crippen molar-refractivity contribution in [2.45, 2.75) is 207 Å². The third-order valence-electron chi connectivity index (χ3n) is 7.89. The summed E-state index contributed by atoms with van der Waals surface area (Å²) in [6, 6.07) is 0. The average molecular weight is 479 g/mol. The van der Waals surface area contributed by atoms with Crippen LogP contribution in [0, 0.1) is 0 Å². The van der Waals surface area contributed by atoms with E-state index in [1.807, 2.05) is 0 Å². The lowest BCUT2D eigenvalue weighted by molar-refractivity contribution is 0.251. The Morgan fingerprint density at radius 2 is 0.559 bits per heavy atom. The van der Waals surface area contributed by atoms with Gasteiger partial charge in [-0.3, -0.25) is 0 Å². The lowest BCUT2D eigenvalue weighted by Crippen LogP contribution is -2.31. The normalized spacial score (nSPS) is 12.8. The first kappa shape index (κ1) is 33.6. The van der Waals surface area contributed by atoms with E-state index >= 15 is 0 Å². The highest BCUT2D eigenvalue weighted by molar-refractivity contribution is 4.92. The van der Waals surface area contributed by atoms with Gasteiger partial charge in [-0.1, -0.05) is 157 Å². The summed E-state index contributed by atoms with van der Waals surface area (Å²) in [4.78, 5) is 0. The average Bonchev–Trinajstić information content (AvgIpc) is 2.84. The molecule has 0 saturated heterocycles. The Kier molecular flexibility index (Phi) is 22.8. The molecule has 0 aromatic rings. The van der Waals surface area contributed by atoms with E-state index in [0.29, 0.717) is 0 Å². The fourth-order valence-electron chi connectivity index (χ4n) is 5.72. The van der Waals surface area contributed by atoms with Gasteiger partial charge in [-0.15, -0.1) is 0 Å². The molecule has 2 heteroatoms. The molecule has 34 heavy (non-hydrogen) atoms. The van der Waals surface area contributed by atoms with Crippen LogP contribution < -0.4 is 0 Å². The van der Waals surface area contributed by atoms with E-state index < -0.39 is 0 Å². The van der Waals surface area contributed by atoms with Crippen LogP contribution in [0.5, 0.6) is 0 Å². The topological polar surface area (TPSA) is 24.7 Å². The second kappa shape index (κ2) is 23.0. The molecule has 0 spiro atoms. The van der Waals surface area contributed by atoms with Gasteiger partial charge in [0.15, 0.2) is 0 Å². The Morgan fingerprint density at radius 1 is 0.294 bits per heavy atom. The highest BCUT2D eigenvalue weighted by Gasteiger charge is 2.33. The molecule has 0 amide bonds. The molecule has 2 nitrogen and oxygen atoms in total. The van der Waals surface area contributed by atoms with Gasteiger partial charge in [-0.2, -0.15) is 10.2 Å². The molecule has 0 N–H and O–H groups in total. The fraction of sp³-hybridized carbons (Fsp3) is 1.00. The van der Waals surface area contributed by atoms with Gasteiger partial charge >= 0.3 is 0 Å². The molecule has 0 saturated carbocycles. The minimum Gasteiger partial charge on any atom is -0.187 e. The summed E-state index contributed by atoms with van der Waals surface area (Å²) >= 11 is 0. The van der Waals surface area contributed by atoms with Gasteiger partial charge in [0, 0.05) is 0 Å². The monoisotopic (exact) mass is 479 g/mol. The number of unbranched alkanes of at least 4 members (excludes halogenated alkanes) is 12. The molecule has 0 aliphatic heterocycles. The lowest BCUT2D eigenvalue weighted by atomic mass is 9.82. The second-order valence-corrected chi connectivity index (χ2v) is 11.4. The molecular formula is C32H66N2.